The largest absolute Gasteiger partial charge is 0.323 e. The van der Waals surface area contributed by atoms with Gasteiger partial charge in [0, 0.05) is 0 Å². The Balaban J connectivity index is 2.15. The van der Waals surface area contributed by atoms with Crippen LogP contribution in [0.15, 0.2) is 47.3 Å². The number of aromatic amines is 2. The number of halogens is 1. The van der Waals surface area contributed by atoms with Crippen molar-refractivity contribution >= 4 is 16.6 Å². The molecule has 2 N–H and O–H groups in total. The number of rotatable bonds is 4. The van der Waals surface area contributed by atoms with Gasteiger partial charge < -0.3 is 9.97 Å². The highest BCUT2D eigenvalue weighted by molar-refractivity contribution is 5.86. The molecule has 0 amide bonds. The molecular formula is C19H19FN2O. The highest BCUT2D eigenvalue weighted by Crippen LogP contribution is 2.29. The van der Waals surface area contributed by atoms with Crippen LogP contribution in [0.25, 0.3) is 16.6 Å². The van der Waals surface area contributed by atoms with Gasteiger partial charge in [-0.2, -0.15) is 0 Å². The molecule has 0 aliphatic carbocycles. The first-order chi connectivity index (χ1) is 11.1. The fourth-order valence-electron chi connectivity index (χ4n) is 2.80. The number of aryl methyl sites for hydroxylation is 1. The molecule has 3 nitrogen and oxygen atoms in total. The Bertz CT molecular complexity index is 934. The summed E-state index contributed by atoms with van der Waals surface area (Å²) in [6, 6.07) is 10.7. The molecule has 0 radical (unpaired) electrons. The Kier molecular flexibility index (Phi) is 4.15. The molecule has 0 aliphatic rings. The first kappa shape index (κ1) is 15.3. The van der Waals surface area contributed by atoms with Crippen molar-refractivity contribution in [3.05, 3.63) is 75.5 Å². The molecule has 0 unspecified atom stereocenters. The number of nitrogens with one attached hydrogen (secondary N) is 2. The second kappa shape index (κ2) is 6.24. The lowest BCUT2D eigenvalue weighted by atomic mass is 9.93. The Hall–Kier alpha value is -2.62. The maximum absolute atomic E-state index is 13.4. The first-order valence-electron chi connectivity index (χ1n) is 7.77. The zero-order chi connectivity index (χ0) is 16.4. The summed E-state index contributed by atoms with van der Waals surface area (Å²) < 4.78 is 13.4. The standard InChI is InChI=1S/C19H19FN2O/c1-3-4-5-16(15-8-7-14(20)10-12(15)2)13-6-9-17-18(11-13)22-19(23)21-17/h5-11H,3-4H2,1-2H3,(H2,21,22,23)/b16-5-. The highest BCUT2D eigenvalue weighted by Gasteiger charge is 2.10. The average molecular weight is 310 g/mol. The van der Waals surface area contributed by atoms with Gasteiger partial charge in [0.25, 0.3) is 0 Å². The number of H-pyrrole nitrogens is 2. The second-order valence-corrected chi connectivity index (χ2v) is 5.71. The maximum Gasteiger partial charge on any atom is 0.323 e. The molecule has 3 rings (SSSR count). The minimum atomic E-state index is -0.230. The lowest BCUT2D eigenvalue weighted by Crippen LogP contribution is -1.99. The number of benzene rings is 2. The average Bonchev–Trinajstić information content (AvgIpc) is 2.88. The summed E-state index contributed by atoms with van der Waals surface area (Å²) in [7, 11) is 0. The van der Waals surface area contributed by atoms with Crippen molar-refractivity contribution < 1.29 is 4.39 Å². The van der Waals surface area contributed by atoms with Gasteiger partial charge in [-0.1, -0.05) is 31.6 Å². The van der Waals surface area contributed by atoms with Gasteiger partial charge in [-0.15, -0.1) is 0 Å². The van der Waals surface area contributed by atoms with E-state index in [0.717, 1.165) is 46.1 Å². The Morgan fingerprint density at radius 1 is 1.13 bits per heavy atom. The van der Waals surface area contributed by atoms with E-state index >= 15 is 0 Å². The summed E-state index contributed by atoms with van der Waals surface area (Å²) in [6.45, 7) is 4.04. The molecule has 1 heterocycles. The molecule has 23 heavy (non-hydrogen) atoms. The smallest absolute Gasteiger partial charge is 0.306 e. The lowest BCUT2D eigenvalue weighted by Gasteiger charge is -2.12. The molecule has 1 aromatic heterocycles. The zero-order valence-corrected chi connectivity index (χ0v) is 13.2. The molecule has 0 saturated heterocycles. The zero-order valence-electron chi connectivity index (χ0n) is 13.2. The van der Waals surface area contributed by atoms with Crippen LogP contribution < -0.4 is 5.69 Å². The van der Waals surface area contributed by atoms with Crippen LogP contribution in [0.2, 0.25) is 0 Å². The molecular weight excluding hydrogens is 291 g/mol. The van der Waals surface area contributed by atoms with Crippen LogP contribution in [0.3, 0.4) is 0 Å². The van der Waals surface area contributed by atoms with Crippen LogP contribution in [-0.4, -0.2) is 9.97 Å². The monoisotopic (exact) mass is 310 g/mol. The Morgan fingerprint density at radius 2 is 1.91 bits per heavy atom. The normalized spacial score (nSPS) is 12.0. The molecule has 3 aromatic rings. The van der Waals surface area contributed by atoms with E-state index in [0.29, 0.717) is 0 Å². The van der Waals surface area contributed by atoms with Gasteiger partial charge in [0.15, 0.2) is 0 Å². The van der Waals surface area contributed by atoms with E-state index < -0.39 is 0 Å². The van der Waals surface area contributed by atoms with Crippen LogP contribution in [0.4, 0.5) is 4.39 Å². The fourth-order valence-corrected chi connectivity index (χ4v) is 2.80. The van der Waals surface area contributed by atoms with Crippen molar-refractivity contribution in [3.8, 4) is 0 Å². The van der Waals surface area contributed by atoms with Crippen molar-refractivity contribution in [2.24, 2.45) is 0 Å². The summed E-state index contributed by atoms with van der Waals surface area (Å²) in [6.07, 6.45) is 4.15. The number of unbranched alkanes of at least 4 members (excludes halogenated alkanes) is 1. The maximum atomic E-state index is 13.4. The summed E-state index contributed by atoms with van der Waals surface area (Å²) in [5, 5.41) is 0. The molecule has 0 spiro atoms. The highest BCUT2D eigenvalue weighted by atomic mass is 19.1. The number of imidazole rings is 1. The van der Waals surface area contributed by atoms with Crippen LogP contribution >= 0.6 is 0 Å². The van der Waals surface area contributed by atoms with Crippen LogP contribution in [0.5, 0.6) is 0 Å². The SMILES string of the molecule is CCC/C=C(/c1ccc2[nH]c(=O)[nH]c2c1)c1ccc(F)cc1C. The van der Waals surface area contributed by atoms with E-state index in [1.165, 1.54) is 6.07 Å². The number of hydrogen-bond acceptors (Lipinski definition) is 1. The Labute approximate surface area is 133 Å². The van der Waals surface area contributed by atoms with Gasteiger partial charge in [0.1, 0.15) is 5.82 Å². The molecule has 0 saturated carbocycles. The molecule has 4 heteroatoms. The van der Waals surface area contributed by atoms with Gasteiger partial charge in [-0.3, -0.25) is 0 Å². The third-order valence-electron chi connectivity index (χ3n) is 3.94. The van der Waals surface area contributed by atoms with Crippen molar-refractivity contribution in [2.75, 3.05) is 0 Å². The van der Waals surface area contributed by atoms with Crippen molar-refractivity contribution in [1.29, 1.82) is 0 Å². The molecule has 0 atom stereocenters. The molecule has 0 fully saturated rings. The third kappa shape index (κ3) is 3.11. The van der Waals surface area contributed by atoms with Gasteiger partial charge in [-0.25, -0.2) is 9.18 Å². The molecule has 0 bridgehead atoms. The third-order valence-corrected chi connectivity index (χ3v) is 3.94. The summed E-state index contributed by atoms with van der Waals surface area (Å²) in [5.41, 5.74) is 5.32. The van der Waals surface area contributed by atoms with E-state index in [2.05, 4.69) is 23.0 Å². The first-order valence-corrected chi connectivity index (χ1v) is 7.77. The topological polar surface area (TPSA) is 48.6 Å². The summed E-state index contributed by atoms with van der Waals surface area (Å²) in [5.74, 6) is -0.230. The molecule has 2 aromatic carbocycles. The van der Waals surface area contributed by atoms with Gasteiger partial charge in [-0.05, 0) is 59.9 Å². The van der Waals surface area contributed by atoms with E-state index in [-0.39, 0.29) is 11.5 Å². The van der Waals surface area contributed by atoms with Crippen LogP contribution in [0.1, 0.15) is 36.5 Å². The predicted molar refractivity (Wildman–Crippen MR) is 92.0 cm³/mol. The quantitative estimate of drug-likeness (QED) is 0.730. The number of allylic oxidation sites excluding steroid dienone is 1. The van der Waals surface area contributed by atoms with E-state index in [1.54, 1.807) is 6.07 Å². The van der Waals surface area contributed by atoms with Crippen molar-refractivity contribution in [1.82, 2.24) is 9.97 Å². The van der Waals surface area contributed by atoms with Crippen LogP contribution in [-0.2, 0) is 0 Å². The Morgan fingerprint density at radius 3 is 2.65 bits per heavy atom. The molecule has 118 valence electrons. The van der Waals surface area contributed by atoms with Crippen molar-refractivity contribution in [3.63, 3.8) is 0 Å². The second-order valence-electron chi connectivity index (χ2n) is 5.71. The number of fused-ring (bicyclic) bond motifs is 1. The predicted octanol–water partition coefficient (Wildman–Crippen LogP) is 4.54. The summed E-state index contributed by atoms with van der Waals surface area (Å²) in [4.78, 5) is 17.0. The number of hydrogen-bond donors (Lipinski definition) is 2. The van der Waals surface area contributed by atoms with Gasteiger partial charge >= 0.3 is 5.69 Å². The molecule has 0 aliphatic heterocycles. The van der Waals surface area contributed by atoms with E-state index in [9.17, 15) is 9.18 Å². The van der Waals surface area contributed by atoms with Crippen LogP contribution in [0, 0.1) is 12.7 Å². The number of aromatic nitrogens is 2. The summed E-state index contributed by atoms with van der Waals surface area (Å²) >= 11 is 0. The van der Waals surface area contributed by atoms with E-state index in [1.807, 2.05) is 31.2 Å². The van der Waals surface area contributed by atoms with Gasteiger partial charge in [0.05, 0.1) is 11.0 Å². The minimum absolute atomic E-state index is 0.214. The fraction of sp³-hybridized carbons (Fsp3) is 0.211. The van der Waals surface area contributed by atoms with E-state index in [4.69, 9.17) is 0 Å². The minimum Gasteiger partial charge on any atom is -0.306 e. The van der Waals surface area contributed by atoms with Crippen molar-refractivity contribution in [2.45, 2.75) is 26.7 Å². The lowest BCUT2D eigenvalue weighted by molar-refractivity contribution is 0.626. The van der Waals surface area contributed by atoms with Gasteiger partial charge in [0.2, 0.25) is 0 Å².